The Kier molecular flexibility index (Phi) is 3.48. The van der Waals surface area contributed by atoms with E-state index in [0.717, 1.165) is 5.56 Å². The zero-order valence-electron chi connectivity index (χ0n) is 10.6. The molecule has 1 heterocycles. The van der Waals surface area contributed by atoms with Gasteiger partial charge in [0.1, 0.15) is 0 Å². The monoisotopic (exact) mass is 289 g/mol. The minimum atomic E-state index is -0.128. The number of anilines is 1. The van der Waals surface area contributed by atoms with Crippen molar-refractivity contribution in [2.45, 2.75) is 6.42 Å². The Morgan fingerprint density at radius 1 is 1.15 bits per heavy atom. The van der Waals surface area contributed by atoms with E-state index < -0.39 is 0 Å². The number of halogens is 1. The van der Waals surface area contributed by atoms with E-state index in [2.05, 4.69) is 5.32 Å². The molecule has 0 spiro atoms. The summed E-state index contributed by atoms with van der Waals surface area (Å²) >= 11 is 6.03. The van der Waals surface area contributed by atoms with Gasteiger partial charge in [-0.25, -0.2) is 0 Å². The SMILES string of the molecule is O=C(Cc1ccccc1Cl)Nc1ccc2c(c1)OCO2. The van der Waals surface area contributed by atoms with Crippen LogP contribution in [0.1, 0.15) is 5.56 Å². The van der Waals surface area contributed by atoms with Crippen molar-refractivity contribution in [3.05, 3.63) is 53.1 Å². The van der Waals surface area contributed by atoms with Crippen molar-refractivity contribution >= 4 is 23.2 Å². The molecule has 4 nitrogen and oxygen atoms in total. The van der Waals surface area contributed by atoms with Crippen LogP contribution in [0, 0.1) is 0 Å². The van der Waals surface area contributed by atoms with Crippen LogP contribution in [0.2, 0.25) is 5.02 Å². The van der Waals surface area contributed by atoms with Crippen LogP contribution in [0.4, 0.5) is 5.69 Å². The van der Waals surface area contributed by atoms with Crippen molar-refractivity contribution in [2.75, 3.05) is 12.1 Å². The quantitative estimate of drug-likeness (QED) is 0.943. The number of carbonyl (C=O) groups excluding carboxylic acids is 1. The molecule has 5 heteroatoms. The van der Waals surface area contributed by atoms with Crippen LogP contribution in [0.5, 0.6) is 11.5 Å². The van der Waals surface area contributed by atoms with Crippen LogP contribution in [-0.2, 0) is 11.2 Å². The number of hydrogen-bond donors (Lipinski definition) is 1. The molecule has 0 saturated carbocycles. The van der Waals surface area contributed by atoms with Gasteiger partial charge in [0.05, 0.1) is 6.42 Å². The third-order valence-electron chi connectivity index (χ3n) is 2.97. The molecule has 20 heavy (non-hydrogen) atoms. The van der Waals surface area contributed by atoms with E-state index in [0.29, 0.717) is 22.2 Å². The van der Waals surface area contributed by atoms with E-state index in [9.17, 15) is 4.79 Å². The first kappa shape index (κ1) is 12.8. The Morgan fingerprint density at radius 3 is 2.80 bits per heavy atom. The first-order valence-electron chi connectivity index (χ1n) is 6.15. The molecule has 0 atom stereocenters. The van der Waals surface area contributed by atoms with Crippen LogP contribution in [-0.4, -0.2) is 12.7 Å². The van der Waals surface area contributed by atoms with Crippen molar-refractivity contribution in [3.8, 4) is 11.5 Å². The maximum absolute atomic E-state index is 12.0. The van der Waals surface area contributed by atoms with Gasteiger partial charge in [0.25, 0.3) is 0 Å². The highest BCUT2D eigenvalue weighted by Crippen LogP contribution is 2.34. The first-order valence-corrected chi connectivity index (χ1v) is 6.53. The van der Waals surface area contributed by atoms with Crippen LogP contribution >= 0.6 is 11.6 Å². The van der Waals surface area contributed by atoms with Gasteiger partial charge < -0.3 is 14.8 Å². The minimum absolute atomic E-state index is 0.128. The number of rotatable bonds is 3. The number of ether oxygens (including phenoxy) is 2. The van der Waals surface area contributed by atoms with Crippen LogP contribution in [0.25, 0.3) is 0 Å². The molecule has 0 bridgehead atoms. The number of fused-ring (bicyclic) bond motifs is 1. The van der Waals surface area contributed by atoms with Crippen LogP contribution in [0.3, 0.4) is 0 Å². The Hall–Kier alpha value is -2.20. The van der Waals surface area contributed by atoms with E-state index in [-0.39, 0.29) is 19.1 Å². The summed E-state index contributed by atoms with van der Waals surface area (Å²) < 4.78 is 10.5. The lowest BCUT2D eigenvalue weighted by atomic mass is 10.1. The highest BCUT2D eigenvalue weighted by Gasteiger charge is 2.14. The van der Waals surface area contributed by atoms with E-state index in [4.69, 9.17) is 21.1 Å². The van der Waals surface area contributed by atoms with Gasteiger partial charge in [-0.2, -0.15) is 0 Å². The Labute approximate surface area is 121 Å². The topological polar surface area (TPSA) is 47.6 Å². The molecule has 1 amide bonds. The summed E-state index contributed by atoms with van der Waals surface area (Å²) in [5, 5.41) is 3.41. The lowest BCUT2D eigenvalue weighted by Gasteiger charge is -2.07. The van der Waals surface area contributed by atoms with Crippen LogP contribution in [0.15, 0.2) is 42.5 Å². The summed E-state index contributed by atoms with van der Waals surface area (Å²) in [5.41, 5.74) is 1.47. The molecule has 2 aromatic rings. The molecule has 1 aliphatic rings. The molecule has 0 aliphatic carbocycles. The predicted molar refractivity (Wildman–Crippen MR) is 76.4 cm³/mol. The van der Waals surface area contributed by atoms with Gasteiger partial charge in [0.2, 0.25) is 12.7 Å². The molecular formula is C15H12ClNO3. The molecule has 0 saturated heterocycles. The average Bonchev–Trinajstić information content (AvgIpc) is 2.89. The normalized spacial score (nSPS) is 12.2. The number of benzene rings is 2. The molecule has 1 aliphatic heterocycles. The zero-order valence-corrected chi connectivity index (χ0v) is 11.3. The average molecular weight is 290 g/mol. The highest BCUT2D eigenvalue weighted by atomic mass is 35.5. The Bertz CT molecular complexity index is 657. The van der Waals surface area contributed by atoms with Crippen molar-refractivity contribution in [1.82, 2.24) is 0 Å². The molecular weight excluding hydrogens is 278 g/mol. The Balaban J connectivity index is 1.69. The second kappa shape index (κ2) is 5.43. The number of carbonyl (C=O) groups is 1. The molecule has 0 fully saturated rings. The molecule has 3 rings (SSSR count). The van der Waals surface area contributed by atoms with Gasteiger partial charge in [-0.3, -0.25) is 4.79 Å². The number of nitrogens with one attached hydrogen (secondary N) is 1. The fourth-order valence-corrected chi connectivity index (χ4v) is 2.20. The molecule has 0 radical (unpaired) electrons. The van der Waals surface area contributed by atoms with E-state index in [1.165, 1.54) is 0 Å². The molecule has 0 unspecified atom stereocenters. The van der Waals surface area contributed by atoms with E-state index in [1.807, 2.05) is 18.2 Å². The van der Waals surface area contributed by atoms with Gasteiger partial charge in [-0.1, -0.05) is 29.8 Å². The second-order valence-corrected chi connectivity index (χ2v) is 4.79. The van der Waals surface area contributed by atoms with Crippen molar-refractivity contribution in [2.24, 2.45) is 0 Å². The van der Waals surface area contributed by atoms with Gasteiger partial charge in [-0.05, 0) is 23.8 Å². The van der Waals surface area contributed by atoms with E-state index >= 15 is 0 Å². The third kappa shape index (κ3) is 2.70. The summed E-state index contributed by atoms with van der Waals surface area (Å²) in [7, 11) is 0. The fraction of sp³-hybridized carbons (Fsp3) is 0.133. The maximum Gasteiger partial charge on any atom is 0.231 e. The highest BCUT2D eigenvalue weighted by molar-refractivity contribution is 6.31. The molecule has 2 aromatic carbocycles. The van der Waals surface area contributed by atoms with E-state index in [1.54, 1.807) is 24.3 Å². The smallest absolute Gasteiger partial charge is 0.231 e. The number of amides is 1. The van der Waals surface area contributed by atoms with Gasteiger partial charge >= 0.3 is 0 Å². The van der Waals surface area contributed by atoms with Gasteiger partial charge in [0, 0.05) is 16.8 Å². The van der Waals surface area contributed by atoms with Gasteiger partial charge in [0.15, 0.2) is 11.5 Å². The van der Waals surface area contributed by atoms with Gasteiger partial charge in [-0.15, -0.1) is 0 Å². The minimum Gasteiger partial charge on any atom is -0.454 e. The molecule has 1 N–H and O–H groups in total. The van der Waals surface area contributed by atoms with Crippen molar-refractivity contribution in [1.29, 1.82) is 0 Å². The Morgan fingerprint density at radius 2 is 1.95 bits per heavy atom. The maximum atomic E-state index is 12.0. The summed E-state index contributed by atoms with van der Waals surface area (Å²) in [4.78, 5) is 12.0. The largest absolute Gasteiger partial charge is 0.454 e. The predicted octanol–water partition coefficient (Wildman–Crippen LogP) is 3.25. The summed E-state index contributed by atoms with van der Waals surface area (Å²) in [5.74, 6) is 1.20. The summed E-state index contributed by atoms with van der Waals surface area (Å²) in [6.45, 7) is 0.215. The lowest BCUT2D eigenvalue weighted by molar-refractivity contribution is -0.115. The molecule has 102 valence electrons. The summed E-state index contributed by atoms with van der Waals surface area (Å²) in [6, 6.07) is 12.6. The molecule has 0 aromatic heterocycles. The zero-order chi connectivity index (χ0) is 13.9. The standard InChI is InChI=1S/C15H12ClNO3/c16-12-4-2-1-3-10(12)7-15(18)17-11-5-6-13-14(8-11)20-9-19-13/h1-6,8H,7,9H2,(H,17,18). The first-order chi connectivity index (χ1) is 9.72. The second-order valence-electron chi connectivity index (χ2n) is 4.38. The lowest BCUT2D eigenvalue weighted by Crippen LogP contribution is -2.14. The fourth-order valence-electron chi connectivity index (χ4n) is 1.99. The summed E-state index contributed by atoms with van der Waals surface area (Å²) in [6.07, 6.45) is 0.230. The van der Waals surface area contributed by atoms with Crippen LogP contribution < -0.4 is 14.8 Å². The third-order valence-corrected chi connectivity index (χ3v) is 3.33. The van der Waals surface area contributed by atoms with Crippen molar-refractivity contribution < 1.29 is 14.3 Å². The van der Waals surface area contributed by atoms with Crippen molar-refractivity contribution in [3.63, 3.8) is 0 Å². The number of hydrogen-bond acceptors (Lipinski definition) is 3.